The van der Waals surface area contributed by atoms with Gasteiger partial charge in [0.15, 0.2) is 5.13 Å². The number of amides is 1. The van der Waals surface area contributed by atoms with Crippen molar-refractivity contribution in [2.75, 3.05) is 25.5 Å². The number of piperidine rings is 1. The van der Waals surface area contributed by atoms with E-state index in [2.05, 4.69) is 33.6 Å². The molecule has 3 aromatic rings. The van der Waals surface area contributed by atoms with Crippen molar-refractivity contribution >= 4 is 33.1 Å². The van der Waals surface area contributed by atoms with E-state index in [0.29, 0.717) is 5.13 Å². The maximum absolute atomic E-state index is 12.8. The molecular formula is C24H29N3O2S. The molecule has 2 heterocycles. The van der Waals surface area contributed by atoms with Crippen molar-refractivity contribution in [1.29, 1.82) is 0 Å². The van der Waals surface area contributed by atoms with Crippen LogP contribution < -0.4 is 10.1 Å². The van der Waals surface area contributed by atoms with Crippen LogP contribution in [-0.4, -0.2) is 36.0 Å². The second kappa shape index (κ2) is 9.14. The highest BCUT2D eigenvalue weighted by atomic mass is 32.1. The molecule has 4 rings (SSSR count). The quantitative estimate of drug-likeness (QED) is 0.586. The number of carbonyl (C=O) groups excluding carboxylic acids is 1. The normalized spacial score (nSPS) is 16.5. The Balaban J connectivity index is 1.39. The largest absolute Gasteiger partial charge is 0.497 e. The van der Waals surface area contributed by atoms with E-state index in [1.807, 2.05) is 37.3 Å². The van der Waals surface area contributed by atoms with Crippen LogP contribution in [0.25, 0.3) is 10.8 Å². The smallest absolute Gasteiger partial charge is 0.233 e. The lowest BCUT2D eigenvalue weighted by molar-refractivity contribution is -0.117. The molecule has 1 N–H and O–H groups in total. The maximum Gasteiger partial charge on any atom is 0.233 e. The number of nitrogens with one attached hydrogen (secondary N) is 1. The first-order valence-corrected chi connectivity index (χ1v) is 11.4. The summed E-state index contributed by atoms with van der Waals surface area (Å²) in [6, 6.07) is 12.1. The van der Waals surface area contributed by atoms with Gasteiger partial charge in [0.2, 0.25) is 5.91 Å². The van der Waals surface area contributed by atoms with Gasteiger partial charge in [0.05, 0.1) is 18.7 Å². The van der Waals surface area contributed by atoms with Gasteiger partial charge in [-0.3, -0.25) is 9.69 Å². The van der Waals surface area contributed by atoms with Gasteiger partial charge < -0.3 is 10.1 Å². The second-order valence-electron chi connectivity index (χ2n) is 8.29. The van der Waals surface area contributed by atoms with E-state index in [9.17, 15) is 4.79 Å². The summed E-state index contributed by atoms with van der Waals surface area (Å²) in [6.45, 7) is 7.38. The number of ether oxygens (including phenoxy) is 1. The van der Waals surface area contributed by atoms with E-state index in [1.54, 1.807) is 7.11 Å². The number of aromatic nitrogens is 1. The van der Waals surface area contributed by atoms with Crippen LogP contribution in [0.1, 0.15) is 43.9 Å². The summed E-state index contributed by atoms with van der Waals surface area (Å²) in [6.07, 6.45) is 2.51. The monoisotopic (exact) mass is 423 g/mol. The number of anilines is 1. The molecule has 1 amide bonds. The van der Waals surface area contributed by atoms with Crippen molar-refractivity contribution in [3.63, 3.8) is 0 Å². The molecule has 2 aromatic carbocycles. The molecule has 6 heteroatoms. The fraction of sp³-hybridized carbons (Fsp3) is 0.417. The van der Waals surface area contributed by atoms with Gasteiger partial charge in [-0.2, -0.15) is 0 Å². The molecule has 0 radical (unpaired) electrons. The molecular weight excluding hydrogens is 394 g/mol. The third kappa shape index (κ3) is 4.82. The third-order valence-corrected chi connectivity index (χ3v) is 6.82. The Morgan fingerprint density at radius 2 is 1.97 bits per heavy atom. The Morgan fingerprint density at radius 1 is 1.23 bits per heavy atom. The number of thiazole rings is 1. The number of benzene rings is 2. The summed E-state index contributed by atoms with van der Waals surface area (Å²) in [7, 11) is 1.67. The van der Waals surface area contributed by atoms with Crippen LogP contribution in [0.3, 0.4) is 0 Å². The minimum absolute atomic E-state index is 0.0319. The summed E-state index contributed by atoms with van der Waals surface area (Å²) < 4.78 is 5.29. The number of hydrogen-bond acceptors (Lipinski definition) is 5. The topological polar surface area (TPSA) is 54.5 Å². The van der Waals surface area contributed by atoms with Crippen LogP contribution in [0.2, 0.25) is 0 Å². The van der Waals surface area contributed by atoms with Gasteiger partial charge in [-0.25, -0.2) is 4.98 Å². The highest BCUT2D eigenvalue weighted by molar-refractivity contribution is 7.13. The van der Waals surface area contributed by atoms with Gasteiger partial charge >= 0.3 is 0 Å². The van der Waals surface area contributed by atoms with Crippen LogP contribution >= 0.6 is 11.3 Å². The first-order valence-electron chi connectivity index (χ1n) is 10.6. The van der Waals surface area contributed by atoms with Crippen molar-refractivity contribution in [3.8, 4) is 5.75 Å². The first kappa shape index (κ1) is 20.8. The van der Waals surface area contributed by atoms with Crippen molar-refractivity contribution in [3.05, 3.63) is 53.0 Å². The van der Waals surface area contributed by atoms with Gasteiger partial charge in [-0.05, 0) is 67.2 Å². The number of rotatable bonds is 6. The number of fused-ring (bicyclic) bond motifs is 1. The molecule has 5 nitrogen and oxygen atoms in total. The Morgan fingerprint density at radius 3 is 2.73 bits per heavy atom. The molecule has 0 unspecified atom stereocenters. The number of likely N-dealkylation sites (tertiary alicyclic amines) is 1. The fourth-order valence-electron chi connectivity index (χ4n) is 3.89. The fourth-order valence-corrected chi connectivity index (χ4v) is 4.59. The van der Waals surface area contributed by atoms with Crippen molar-refractivity contribution in [2.45, 2.75) is 39.2 Å². The molecule has 0 aliphatic carbocycles. The Labute approximate surface area is 182 Å². The van der Waals surface area contributed by atoms with Crippen molar-refractivity contribution in [2.24, 2.45) is 5.92 Å². The third-order valence-electron chi connectivity index (χ3n) is 6.01. The van der Waals surface area contributed by atoms with E-state index in [-0.39, 0.29) is 11.8 Å². The molecule has 0 bridgehead atoms. The number of methoxy groups -OCH3 is 1. The van der Waals surface area contributed by atoms with E-state index in [4.69, 9.17) is 4.74 Å². The molecule has 30 heavy (non-hydrogen) atoms. The second-order valence-corrected chi connectivity index (χ2v) is 9.14. The summed E-state index contributed by atoms with van der Waals surface area (Å²) >= 11 is 1.50. The van der Waals surface area contributed by atoms with Gasteiger partial charge in [-0.1, -0.05) is 31.2 Å². The summed E-state index contributed by atoms with van der Waals surface area (Å²) in [5.74, 6) is 1.37. The minimum Gasteiger partial charge on any atom is -0.497 e. The summed E-state index contributed by atoms with van der Waals surface area (Å²) in [5, 5.41) is 7.93. The zero-order valence-electron chi connectivity index (χ0n) is 17.9. The van der Waals surface area contributed by atoms with Gasteiger partial charge in [0, 0.05) is 11.9 Å². The minimum atomic E-state index is -0.257. The van der Waals surface area contributed by atoms with Gasteiger partial charge in [0.1, 0.15) is 5.75 Å². The molecule has 1 atom stereocenters. The maximum atomic E-state index is 12.8. The van der Waals surface area contributed by atoms with Crippen LogP contribution in [-0.2, 0) is 11.3 Å². The van der Waals surface area contributed by atoms with E-state index in [0.717, 1.165) is 53.3 Å². The van der Waals surface area contributed by atoms with Crippen molar-refractivity contribution in [1.82, 2.24) is 9.88 Å². The average Bonchev–Trinajstić information content (AvgIpc) is 3.20. The van der Waals surface area contributed by atoms with Crippen LogP contribution in [0.15, 0.2) is 41.8 Å². The summed E-state index contributed by atoms with van der Waals surface area (Å²) in [5.41, 5.74) is 2.03. The van der Waals surface area contributed by atoms with Crippen molar-refractivity contribution < 1.29 is 9.53 Å². The zero-order chi connectivity index (χ0) is 21.1. The molecule has 0 spiro atoms. The lowest BCUT2D eigenvalue weighted by Gasteiger charge is -2.29. The zero-order valence-corrected chi connectivity index (χ0v) is 18.7. The molecule has 1 aromatic heterocycles. The SMILES string of the molecule is COc1ccc2cc([C@H](C)C(=O)Nc3nc(CN4CCC(C)CC4)cs3)ccc2c1. The molecule has 158 valence electrons. The van der Waals surface area contributed by atoms with Crippen LogP contribution in [0.5, 0.6) is 5.75 Å². The Kier molecular flexibility index (Phi) is 6.35. The highest BCUT2D eigenvalue weighted by Crippen LogP contribution is 2.27. The van der Waals surface area contributed by atoms with E-state index < -0.39 is 0 Å². The number of carbonyl (C=O) groups is 1. The van der Waals surface area contributed by atoms with E-state index >= 15 is 0 Å². The summed E-state index contributed by atoms with van der Waals surface area (Å²) in [4.78, 5) is 19.9. The average molecular weight is 424 g/mol. The predicted octanol–water partition coefficient (Wildman–Crippen LogP) is 5.28. The number of hydrogen-bond donors (Lipinski definition) is 1. The highest BCUT2D eigenvalue weighted by Gasteiger charge is 2.19. The molecule has 1 aliphatic rings. The lowest BCUT2D eigenvalue weighted by atomic mass is 9.97. The number of nitrogens with zero attached hydrogens (tertiary/aromatic N) is 2. The standard InChI is InChI=1S/C24H29N3O2S/c1-16-8-10-27(11-9-16)14-21-15-30-24(25-21)26-23(28)17(2)18-4-5-20-13-22(29-3)7-6-19(20)12-18/h4-7,12-13,15-17H,8-11,14H2,1-3H3,(H,25,26,28)/t17-/m0/s1. The van der Waals surface area contributed by atoms with E-state index in [1.165, 1.54) is 24.2 Å². The molecule has 1 saturated heterocycles. The predicted molar refractivity (Wildman–Crippen MR) is 123 cm³/mol. The Bertz CT molecular complexity index is 1020. The van der Waals surface area contributed by atoms with Crippen LogP contribution in [0, 0.1) is 5.92 Å². The van der Waals surface area contributed by atoms with Gasteiger partial charge in [-0.15, -0.1) is 11.3 Å². The molecule has 0 saturated carbocycles. The Hall–Kier alpha value is -2.44. The molecule has 1 fully saturated rings. The first-order chi connectivity index (χ1) is 14.5. The molecule has 1 aliphatic heterocycles. The van der Waals surface area contributed by atoms with Crippen LogP contribution in [0.4, 0.5) is 5.13 Å². The lowest BCUT2D eigenvalue weighted by Crippen LogP contribution is -2.32. The van der Waals surface area contributed by atoms with Gasteiger partial charge in [0.25, 0.3) is 0 Å².